The molecule has 0 heterocycles. The van der Waals surface area contributed by atoms with Gasteiger partial charge < -0.3 is 11.1 Å². The predicted molar refractivity (Wildman–Crippen MR) is 73.4 cm³/mol. The van der Waals surface area contributed by atoms with Crippen LogP contribution in [0.2, 0.25) is 5.02 Å². The van der Waals surface area contributed by atoms with Crippen molar-refractivity contribution >= 4 is 38.7 Å². The number of nitrogen functional groups attached to an aromatic ring is 1. The minimum atomic E-state index is -3.53. The van der Waals surface area contributed by atoms with E-state index in [-0.39, 0.29) is 0 Å². The van der Waals surface area contributed by atoms with Gasteiger partial charge in [-0.1, -0.05) is 11.6 Å². The molecule has 1 aromatic carbocycles. The molecule has 0 aromatic heterocycles. The Morgan fingerprint density at radius 3 is 2.44 bits per heavy atom. The minimum Gasteiger partial charge on any atom is -0.399 e. The van der Waals surface area contributed by atoms with E-state index in [1.807, 2.05) is 0 Å². The lowest BCUT2D eigenvalue weighted by molar-refractivity contribution is -0.117. The molecule has 1 amide bonds. The topological polar surface area (TPSA) is 89.3 Å². The molecule has 0 aliphatic carbocycles. The number of nitrogens with one attached hydrogen (secondary N) is 1. The van der Waals surface area contributed by atoms with Gasteiger partial charge in [0.2, 0.25) is 5.91 Å². The average molecular weight is 291 g/mol. The summed E-state index contributed by atoms with van der Waals surface area (Å²) in [6.07, 6.45) is 1.01. The highest BCUT2D eigenvalue weighted by atomic mass is 35.5. The fourth-order valence-corrected chi connectivity index (χ4v) is 1.63. The van der Waals surface area contributed by atoms with Crippen LogP contribution in [-0.4, -0.2) is 25.3 Å². The summed E-state index contributed by atoms with van der Waals surface area (Å²) in [7, 11) is -3.53. The van der Waals surface area contributed by atoms with Gasteiger partial charge in [-0.2, -0.15) is 0 Å². The van der Waals surface area contributed by atoms with E-state index in [0.717, 1.165) is 6.26 Å². The molecule has 0 fully saturated rings. The molecule has 0 bridgehead atoms. The normalized spacial score (nSPS) is 12.2. The molecule has 1 rings (SSSR count). The summed E-state index contributed by atoms with van der Waals surface area (Å²) in [5.41, 5.74) is 6.28. The molecular weight excluding hydrogens is 276 g/mol. The van der Waals surface area contributed by atoms with Crippen LogP contribution in [0.25, 0.3) is 0 Å². The highest BCUT2D eigenvalue weighted by Crippen LogP contribution is 2.26. The Kier molecular flexibility index (Phi) is 3.92. The molecule has 100 valence electrons. The van der Waals surface area contributed by atoms with E-state index in [1.165, 1.54) is 26.0 Å². The number of halogens is 1. The Labute approximate surface area is 111 Å². The van der Waals surface area contributed by atoms with Crippen LogP contribution in [0.15, 0.2) is 18.2 Å². The molecule has 0 radical (unpaired) electrons. The highest BCUT2D eigenvalue weighted by molar-refractivity contribution is 7.92. The van der Waals surface area contributed by atoms with Crippen LogP contribution in [0.5, 0.6) is 0 Å². The molecular formula is C11H15ClN2O3S. The third-order valence-corrected chi connectivity index (χ3v) is 5.08. The first kappa shape index (κ1) is 14.8. The van der Waals surface area contributed by atoms with E-state index in [1.54, 1.807) is 6.07 Å². The summed E-state index contributed by atoms with van der Waals surface area (Å²) in [5.74, 6) is -0.655. The first-order chi connectivity index (χ1) is 8.05. The van der Waals surface area contributed by atoms with E-state index < -0.39 is 20.5 Å². The molecule has 0 aliphatic heterocycles. The fraction of sp³-hybridized carbons (Fsp3) is 0.364. The average Bonchev–Trinajstić information content (AvgIpc) is 2.21. The van der Waals surface area contributed by atoms with Gasteiger partial charge in [-0.25, -0.2) is 8.42 Å². The molecule has 3 N–H and O–H groups in total. The summed E-state index contributed by atoms with van der Waals surface area (Å²) >= 11 is 5.88. The molecule has 0 atom stereocenters. The van der Waals surface area contributed by atoms with Crippen LogP contribution < -0.4 is 11.1 Å². The Morgan fingerprint density at radius 1 is 1.39 bits per heavy atom. The molecule has 1 aromatic rings. The molecule has 0 saturated heterocycles. The number of hydrogen-bond donors (Lipinski definition) is 2. The van der Waals surface area contributed by atoms with Gasteiger partial charge >= 0.3 is 0 Å². The third kappa shape index (κ3) is 2.94. The zero-order valence-electron chi connectivity index (χ0n) is 10.3. The molecule has 0 saturated carbocycles. The SMILES string of the molecule is CC(C)(C(=O)Nc1cc(N)ccc1Cl)S(C)(=O)=O. The lowest BCUT2D eigenvalue weighted by atomic mass is 10.2. The van der Waals surface area contributed by atoms with Gasteiger partial charge in [0.1, 0.15) is 4.75 Å². The lowest BCUT2D eigenvalue weighted by Crippen LogP contribution is -2.43. The number of benzene rings is 1. The van der Waals surface area contributed by atoms with Crippen LogP contribution in [-0.2, 0) is 14.6 Å². The summed E-state index contributed by atoms with van der Waals surface area (Å²) < 4.78 is 21.5. The second-order valence-electron chi connectivity index (χ2n) is 4.48. The van der Waals surface area contributed by atoms with Crippen molar-refractivity contribution in [2.45, 2.75) is 18.6 Å². The Hall–Kier alpha value is -1.27. The highest BCUT2D eigenvalue weighted by Gasteiger charge is 2.38. The van der Waals surface area contributed by atoms with E-state index in [2.05, 4.69) is 5.32 Å². The second kappa shape index (κ2) is 4.78. The zero-order chi connectivity index (χ0) is 14.1. The van der Waals surface area contributed by atoms with Crippen LogP contribution in [0.3, 0.4) is 0 Å². The number of amides is 1. The van der Waals surface area contributed by atoms with E-state index in [4.69, 9.17) is 17.3 Å². The van der Waals surface area contributed by atoms with Crippen molar-refractivity contribution in [3.8, 4) is 0 Å². The number of rotatable bonds is 3. The van der Waals surface area contributed by atoms with Gasteiger partial charge in [-0.3, -0.25) is 4.79 Å². The first-order valence-electron chi connectivity index (χ1n) is 5.12. The van der Waals surface area contributed by atoms with Gasteiger partial charge in [-0.15, -0.1) is 0 Å². The third-order valence-electron chi connectivity index (χ3n) is 2.71. The first-order valence-corrected chi connectivity index (χ1v) is 7.38. The second-order valence-corrected chi connectivity index (χ2v) is 7.45. The number of anilines is 2. The molecule has 7 heteroatoms. The molecule has 18 heavy (non-hydrogen) atoms. The summed E-state index contributed by atoms with van der Waals surface area (Å²) in [6, 6.07) is 4.58. The van der Waals surface area contributed by atoms with E-state index in [9.17, 15) is 13.2 Å². The van der Waals surface area contributed by atoms with Crippen molar-refractivity contribution in [2.75, 3.05) is 17.3 Å². The monoisotopic (exact) mass is 290 g/mol. The molecule has 0 spiro atoms. The summed E-state index contributed by atoms with van der Waals surface area (Å²) in [5, 5.41) is 2.76. The number of carbonyl (C=O) groups excluding carboxylic acids is 1. The number of nitrogens with two attached hydrogens (primary N) is 1. The van der Waals surface area contributed by atoms with Crippen molar-refractivity contribution in [2.24, 2.45) is 0 Å². The standard InChI is InChI=1S/C11H15ClN2O3S/c1-11(2,18(3,16)17)10(15)14-9-6-7(13)4-5-8(9)12/h4-6H,13H2,1-3H3,(H,14,15). The predicted octanol–water partition coefficient (Wildman–Crippen LogP) is 1.68. The molecule has 0 unspecified atom stereocenters. The quantitative estimate of drug-likeness (QED) is 0.829. The van der Waals surface area contributed by atoms with Crippen molar-refractivity contribution in [1.29, 1.82) is 0 Å². The largest absolute Gasteiger partial charge is 0.399 e. The van der Waals surface area contributed by atoms with Gasteiger partial charge in [0, 0.05) is 11.9 Å². The Bertz CT molecular complexity index is 582. The maximum absolute atomic E-state index is 12.0. The van der Waals surface area contributed by atoms with Gasteiger partial charge in [0.05, 0.1) is 10.7 Å². The smallest absolute Gasteiger partial charge is 0.245 e. The number of carbonyl (C=O) groups is 1. The summed E-state index contributed by atoms with van der Waals surface area (Å²) in [6.45, 7) is 2.66. The van der Waals surface area contributed by atoms with Crippen molar-refractivity contribution in [3.63, 3.8) is 0 Å². The van der Waals surface area contributed by atoms with Crippen LogP contribution in [0.1, 0.15) is 13.8 Å². The maximum atomic E-state index is 12.0. The van der Waals surface area contributed by atoms with Crippen molar-refractivity contribution in [1.82, 2.24) is 0 Å². The Morgan fingerprint density at radius 2 is 1.94 bits per heavy atom. The number of hydrogen-bond acceptors (Lipinski definition) is 4. The van der Waals surface area contributed by atoms with Crippen LogP contribution in [0, 0.1) is 0 Å². The molecule has 5 nitrogen and oxygen atoms in total. The van der Waals surface area contributed by atoms with Crippen molar-refractivity contribution in [3.05, 3.63) is 23.2 Å². The summed E-state index contributed by atoms with van der Waals surface area (Å²) in [4.78, 5) is 12.0. The van der Waals surface area contributed by atoms with Crippen molar-refractivity contribution < 1.29 is 13.2 Å². The van der Waals surface area contributed by atoms with Gasteiger partial charge in [0.15, 0.2) is 9.84 Å². The molecule has 0 aliphatic rings. The van der Waals surface area contributed by atoms with Crippen LogP contribution >= 0.6 is 11.6 Å². The lowest BCUT2D eigenvalue weighted by Gasteiger charge is -2.21. The minimum absolute atomic E-state index is 0.290. The van der Waals surface area contributed by atoms with Crippen LogP contribution in [0.4, 0.5) is 11.4 Å². The number of sulfone groups is 1. The van der Waals surface area contributed by atoms with E-state index >= 15 is 0 Å². The van der Waals surface area contributed by atoms with E-state index in [0.29, 0.717) is 16.4 Å². The van der Waals surface area contributed by atoms with Gasteiger partial charge in [0.25, 0.3) is 0 Å². The fourth-order valence-electron chi connectivity index (χ4n) is 1.08. The van der Waals surface area contributed by atoms with Gasteiger partial charge in [-0.05, 0) is 32.0 Å². The Balaban J connectivity index is 3.06. The zero-order valence-corrected chi connectivity index (χ0v) is 11.9. The maximum Gasteiger partial charge on any atom is 0.245 e.